The Bertz CT molecular complexity index is 736. The fourth-order valence-corrected chi connectivity index (χ4v) is 2.53. The van der Waals surface area contributed by atoms with Gasteiger partial charge in [0.25, 0.3) is 0 Å². The zero-order valence-electron chi connectivity index (χ0n) is 11.8. The zero-order chi connectivity index (χ0) is 14.8. The van der Waals surface area contributed by atoms with Crippen LogP contribution in [0.25, 0.3) is 11.1 Å². The summed E-state index contributed by atoms with van der Waals surface area (Å²) in [7, 11) is 0. The molecule has 1 amide bonds. The average Bonchev–Trinajstić information content (AvgIpc) is 2.49. The second kappa shape index (κ2) is 6.43. The van der Waals surface area contributed by atoms with E-state index >= 15 is 0 Å². The molecule has 0 saturated carbocycles. The summed E-state index contributed by atoms with van der Waals surface area (Å²) in [6.07, 6.45) is 1.13. The first kappa shape index (κ1) is 15.8. The highest BCUT2D eigenvalue weighted by Gasteiger charge is 2.14. The topological polar surface area (TPSA) is 61.7 Å². The average molecular weight is 296 g/mol. The van der Waals surface area contributed by atoms with Crippen molar-refractivity contribution < 1.29 is 9.90 Å². The number of phenols is 1. The summed E-state index contributed by atoms with van der Waals surface area (Å²) in [6.45, 7) is 2.01. The summed E-state index contributed by atoms with van der Waals surface area (Å²) >= 11 is 0. The van der Waals surface area contributed by atoms with E-state index in [9.17, 15) is 9.90 Å². The van der Waals surface area contributed by atoms with Crippen LogP contribution in [-0.4, -0.2) is 16.7 Å². The molecule has 22 heavy (non-hydrogen) atoms. The molecule has 114 valence electrons. The molecule has 2 aromatic rings. The van der Waals surface area contributed by atoms with Crippen molar-refractivity contribution in [1.82, 2.24) is 5.43 Å². The van der Waals surface area contributed by atoms with Gasteiger partial charge in [0.15, 0.2) is 0 Å². The van der Waals surface area contributed by atoms with Crippen LogP contribution in [-0.2, 0) is 4.79 Å². The van der Waals surface area contributed by atoms with E-state index in [1.165, 1.54) is 0 Å². The van der Waals surface area contributed by atoms with Crippen molar-refractivity contribution in [3.8, 4) is 16.9 Å². The Morgan fingerprint density at radius 1 is 1.09 bits per heavy atom. The molecule has 0 radical (unpaired) electrons. The van der Waals surface area contributed by atoms with E-state index in [0.29, 0.717) is 12.8 Å². The zero-order valence-corrected chi connectivity index (χ0v) is 11.8. The van der Waals surface area contributed by atoms with Gasteiger partial charge in [-0.25, -0.2) is 5.43 Å². The Balaban J connectivity index is 0.00000176. The number of nitrogens with zero attached hydrogens (tertiary/aromatic N) is 1. The van der Waals surface area contributed by atoms with Crippen LogP contribution in [0.15, 0.2) is 47.6 Å². The summed E-state index contributed by atoms with van der Waals surface area (Å²) < 4.78 is 0. The molecule has 3 rings (SSSR count). The Morgan fingerprint density at radius 2 is 1.86 bits per heavy atom. The maximum absolute atomic E-state index is 11.1. The van der Waals surface area contributed by atoms with Gasteiger partial charge >= 0.3 is 0 Å². The molecular weight excluding hydrogens is 276 g/mol. The van der Waals surface area contributed by atoms with Gasteiger partial charge in [-0.2, -0.15) is 5.10 Å². The Morgan fingerprint density at radius 3 is 2.50 bits per heavy atom. The first-order valence-electron chi connectivity index (χ1n) is 6.90. The standard InChI is InChI=1S/C17H16N2O2.CH4/c1-11-10-12(15-8-9-17(21)19-18-15)6-7-13(11)14-4-2-3-5-16(14)20;/h2-7,10,20H,8-9H2,1H3,(H,19,21);1H4. The number of carbonyl (C=O) groups is 1. The van der Waals surface area contributed by atoms with Gasteiger partial charge in [0.05, 0.1) is 5.71 Å². The van der Waals surface area contributed by atoms with Gasteiger partial charge in [0.1, 0.15) is 5.75 Å². The van der Waals surface area contributed by atoms with Crippen molar-refractivity contribution in [2.75, 3.05) is 0 Å². The second-order valence-electron chi connectivity index (χ2n) is 5.14. The fourth-order valence-electron chi connectivity index (χ4n) is 2.53. The number of rotatable bonds is 2. The molecule has 1 heterocycles. The smallest absolute Gasteiger partial charge is 0.240 e. The minimum Gasteiger partial charge on any atom is -0.507 e. The number of hydrogen-bond acceptors (Lipinski definition) is 3. The minimum atomic E-state index is -0.0405. The van der Waals surface area contributed by atoms with E-state index in [2.05, 4.69) is 10.5 Å². The van der Waals surface area contributed by atoms with Gasteiger partial charge in [-0.3, -0.25) is 4.79 Å². The molecule has 4 nitrogen and oxygen atoms in total. The number of para-hydroxylation sites is 1. The van der Waals surface area contributed by atoms with Gasteiger partial charge in [0.2, 0.25) is 5.91 Å². The number of hydrogen-bond donors (Lipinski definition) is 2. The quantitative estimate of drug-likeness (QED) is 0.889. The lowest BCUT2D eigenvalue weighted by molar-refractivity contribution is -0.121. The molecule has 1 aliphatic rings. The number of amides is 1. The van der Waals surface area contributed by atoms with E-state index in [1.54, 1.807) is 6.07 Å². The molecule has 4 heteroatoms. The minimum absolute atomic E-state index is 0. The van der Waals surface area contributed by atoms with Crippen molar-refractivity contribution in [2.24, 2.45) is 5.10 Å². The third-order valence-electron chi connectivity index (χ3n) is 3.66. The molecule has 0 atom stereocenters. The predicted octanol–water partition coefficient (Wildman–Crippen LogP) is 3.62. The Labute approximate surface area is 130 Å². The van der Waals surface area contributed by atoms with Crippen LogP contribution in [0.1, 0.15) is 31.4 Å². The molecule has 0 spiro atoms. The monoisotopic (exact) mass is 296 g/mol. The molecule has 1 aliphatic heterocycles. The first-order chi connectivity index (χ1) is 10.1. The van der Waals surface area contributed by atoms with Crippen LogP contribution >= 0.6 is 0 Å². The highest BCUT2D eigenvalue weighted by atomic mass is 16.3. The van der Waals surface area contributed by atoms with Crippen LogP contribution in [0, 0.1) is 6.92 Å². The van der Waals surface area contributed by atoms with Crippen LogP contribution in [0.3, 0.4) is 0 Å². The first-order valence-corrected chi connectivity index (χ1v) is 6.90. The lowest BCUT2D eigenvalue weighted by Crippen LogP contribution is -2.25. The van der Waals surface area contributed by atoms with E-state index < -0.39 is 0 Å². The van der Waals surface area contributed by atoms with Gasteiger partial charge in [0, 0.05) is 18.4 Å². The van der Waals surface area contributed by atoms with E-state index in [4.69, 9.17) is 0 Å². The molecule has 0 aromatic heterocycles. The van der Waals surface area contributed by atoms with Gasteiger partial charge in [-0.05, 0) is 35.7 Å². The van der Waals surface area contributed by atoms with Crippen LogP contribution in [0.2, 0.25) is 0 Å². The number of carbonyl (C=O) groups excluding carboxylic acids is 1. The maximum atomic E-state index is 11.1. The number of phenolic OH excluding ortho intramolecular Hbond substituents is 1. The molecule has 2 aromatic carbocycles. The lowest BCUT2D eigenvalue weighted by atomic mass is 9.95. The number of benzene rings is 2. The van der Waals surface area contributed by atoms with Crippen molar-refractivity contribution in [2.45, 2.75) is 27.2 Å². The molecule has 0 aliphatic carbocycles. The predicted molar refractivity (Wildman–Crippen MR) is 88.9 cm³/mol. The molecular formula is C18H20N2O2. The number of aryl methyl sites for hydroxylation is 1. The summed E-state index contributed by atoms with van der Waals surface area (Å²) in [6, 6.07) is 13.3. The highest BCUT2D eigenvalue weighted by molar-refractivity contribution is 6.04. The van der Waals surface area contributed by atoms with Crippen molar-refractivity contribution in [1.29, 1.82) is 0 Å². The SMILES string of the molecule is C.Cc1cc(C2=NNC(=O)CC2)ccc1-c1ccccc1O. The summed E-state index contributed by atoms with van der Waals surface area (Å²) in [5.74, 6) is 0.233. The number of hydrazone groups is 1. The molecule has 0 fully saturated rings. The lowest BCUT2D eigenvalue weighted by Gasteiger charge is -2.14. The molecule has 0 bridgehead atoms. The van der Waals surface area contributed by atoms with Crippen LogP contribution in [0.5, 0.6) is 5.75 Å². The molecule has 0 saturated heterocycles. The molecule has 2 N–H and O–H groups in total. The molecule has 0 unspecified atom stereocenters. The third-order valence-corrected chi connectivity index (χ3v) is 3.66. The largest absolute Gasteiger partial charge is 0.507 e. The van der Waals surface area contributed by atoms with Crippen LogP contribution in [0.4, 0.5) is 0 Å². The normalized spacial score (nSPS) is 13.9. The van der Waals surface area contributed by atoms with E-state index in [0.717, 1.165) is 28.0 Å². The second-order valence-corrected chi connectivity index (χ2v) is 5.14. The summed E-state index contributed by atoms with van der Waals surface area (Å²) in [5, 5.41) is 14.1. The number of nitrogens with one attached hydrogen (secondary N) is 1. The Hall–Kier alpha value is -2.62. The van der Waals surface area contributed by atoms with Crippen molar-refractivity contribution in [3.63, 3.8) is 0 Å². The number of aromatic hydroxyl groups is 1. The van der Waals surface area contributed by atoms with Gasteiger partial charge in [-0.1, -0.05) is 37.8 Å². The van der Waals surface area contributed by atoms with Crippen molar-refractivity contribution in [3.05, 3.63) is 53.6 Å². The van der Waals surface area contributed by atoms with Gasteiger partial charge in [-0.15, -0.1) is 0 Å². The Kier molecular flexibility index (Phi) is 4.61. The van der Waals surface area contributed by atoms with Gasteiger partial charge < -0.3 is 5.11 Å². The van der Waals surface area contributed by atoms with Crippen molar-refractivity contribution >= 4 is 11.6 Å². The van der Waals surface area contributed by atoms with E-state index in [1.807, 2.05) is 43.3 Å². The maximum Gasteiger partial charge on any atom is 0.240 e. The summed E-state index contributed by atoms with van der Waals surface area (Å²) in [5.41, 5.74) is 7.29. The third kappa shape index (κ3) is 3.01. The van der Waals surface area contributed by atoms with Crippen LogP contribution < -0.4 is 5.43 Å². The summed E-state index contributed by atoms with van der Waals surface area (Å²) in [4.78, 5) is 11.1. The highest BCUT2D eigenvalue weighted by Crippen LogP contribution is 2.31. The fraction of sp³-hybridized carbons (Fsp3) is 0.222. The van der Waals surface area contributed by atoms with E-state index in [-0.39, 0.29) is 19.1 Å².